The number of carbonyl (C=O) groups excluding carboxylic acids is 1. The first-order valence-corrected chi connectivity index (χ1v) is 5.47. The number of anilines is 1. The molecule has 0 saturated carbocycles. The van der Waals surface area contributed by atoms with Gasteiger partial charge in [-0.3, -0.25) is 4.79 Å². The first-order valence-electron chi connectivity index (χ1n) is 5.47. The lowest BCUT2D eigenvalue weighted by molar-refractivity contribution is -0.137. The molecule has 1 aromatic carbocycles. The van der Waals surface area contributed by atoms with E-state index in [-0.39, 0.29) is 11.3 Å². The van der Waals surface area contributed by atoms with Crippen molar-refractivity contribution in [2.75, 3.05) is 5.32 Å². The lowest BCUT2D eigenvalue weighted by atomic mass is 10.2. The molecule has 2 rings (SSSR count). The summed E-state index contributed by atoms with van der Waals surface area (Å²) in [6.45, 7) is 0. The number of hydrogen-bond acceptors (Lipinski definition) is 2. The van der Waals surface area contributed by atoms with Crippen LogP contribution >= 0.6 is 0 Å². The van der Waals surface area contributed by atoms with Gasteiger partial charge in [0.15, 0.2) is 0 Å². The fraction of sp³-hybridized carbons (Fsp3) is 0.0769. The number of amides is 1. The van der Waals surface area contributed by atoms with Gasteiger partial charge in [-0.15, -0.1) is 0 Å². The Labute approximate surface area is 111 Å². The van der Waals surface area contributed by atoms with Crippen molar-refractivity contribution in [1.82, 2.24) is 4.98 Å². The number of alkyl halides is 3. The molecule has 0 fully saturated rings. The third-order valence-corrected chi connectivity index (χ3v) is 2.47. The van der Waals surface area contributed by atoms with E-state index in [2.05, 4.69) is 10.3 Å². The number of nitrogens with zero attached hydrogens (tertiary/aromatic N) is 1. The second-order valence-electron chi connectivity index (χ2n) is 3.87. The summed E-state index contributed by atoms with van der Waals surface area (Å²) in [5, 5.41) is 2.29. The van der Waals surface area contributed by atoms with E-state index in [9.17, 15) is 22.4 Å². The fourth-order valence-electron chi connectivity index (χ4n) is 1.50. The van der Waals surface area contributed by atoms with Crippen LogP contribution in [0.3, 0.4) is 0 Å². The molecule has 0 radical (unpaired) electrons. The van der Waals surface area contributed by atoms with Gasteiger partial charge in [0.25, 0.3) is 5.91 Å². The van der Waals surface area contributed by atoms with Crippen LogP contribution in [0.1, 0.15) is 15.9 Å². The Balaban J connectivity index is 2.15. The molecule has 3 nitrogen and oxygen atoms in total. The van der Waals surface area contributed by atoms with E-state index in [4.69, 9.17) is 0 Å². The number of rotatable bonds is 2. The molecule has 0 atom stereocenters. The SMILES string of the molecule is O=C(Nc1ccc(C(F)(F)F)cc1)c1cccnc1F. The molecule has 0 aliphatic rings. The summed E-state index contributed by atoms with van der Waals surface area (Å²) >= 11 is 0. The first kappa shape index (κ1) is 14.0. The zero-order valence-corrected chi connectivity index (χ0v) is 9.91. The van der Waals surface area contributed by atoms with Crippen molar-refractivity contribution in [2.24, 2.45) is 0 Å². The van der Waals surface area contributed by atoms with E-state index in [1.165, 1.54) is 18.3 Å². The van der Waals surface area contributed by atoms with Gasteiger partial charge in [0.05, 0.1) is 11.1 Å². The topological polar surface area (TPSA) is 42.0 Å². The van der Waals surface area contributed by atoms with Gasteiger partial charge in [-0.1, -0.05) is 0 Å². The normalized spacial score (nSPS) is 11.2. The van der Waals surface area contributed by atoms with Gasteiger partial charge in [0.2, 0.25) is 5.95 Å². The molecular weight excluding hydrogens is 276 g/mol. The van der Waals surface area contributed by atoms with Gasteiger partial charge >= 0.3 is 6.18 Å². The molecule has 104 valence electrons. The summed E-state index contributed by atoms with van der Waals surface area (Å²) < 4.78 is 50.3. The fourth-order valence-corrected chi connectivity index (χ4v) is 1.50. The zero-order chi connectivity index (χ0) is 14.8. The Morgan fingerprint density at radius 1 is 1.10 bits per heavy atom. The summed E-state index contributed by atoms with van der Waals surface area (Å²) in [4.78, 5) is 15.0. The lowest BCUT2D eigenvalue weighted by Crippen LogP contribution is -2.14. The van der Waals surface area contributed by atoms with E-state index in [1.807, 2.05) is 0 Å². The Kier molecular flexibility index (Phi) is 3.69. The van der Waals surface area contributed by atoms with Crippen molar-refractivity contribution < 1.29 is 22.4 Å². The van der Waals surface area contributed by atoms with Crippen LogP contribution < -0.4 is 5.32 Å². The average molecular weight is 284 g/mol. The Hall–Kier alpha value is -2.44. The predicted octanol–water partition coefficient (Wildman–Crippen LogP) is 3.49. The Morgan fingerprint density at radius 2 is 1.75 bits per heavy atom. The molecule has 7 heteroatoms. The largest absolute Gasteiger partial charge is 0.416 e. The molecule has 1 N–H and O–H groups in total. The van der Waals surface area contributed by atoms with Crippen molar-refractivity contribution in [3.05, 3.63) is 59.7 Å². The van der Waals surface area contributed by atoms with Crippen molar-refractivity contribution >= 4 is 11.6 Å². The molecular formula is C13H8F4N2O. The highest BCUT2D eigenvalue weighted by atomic mass is 19.4. The van der Waals surface area contributed by atoms with Gasteiger partial charge in [-0.2, -0.15) is 17.6 Å². The predicted molar refractivity (Wildman–Crippen MR) is 63.6 cm³/mol. The number of benzene rings is 1. The van der Waals surface area contributed by atoms with E-state index < -0.39 is 23.6 Å². The van der Waals surface area contributed by atoms with Crippen LogP contribution in [0.2, 0.25) is 0 Å². The maximum atomic E-state index is 13.2. The summed E-state index contributed by atoms with van der Waals surface area (Å²) in [6.07, 6.45) is -3.26. The molecule has 0 aliphatic heterocycles. The van der Waals surface area contributed by atoms with Crippen molar-refractivity contribution in [2.45, 2.75) is 6.18 Å². The molecule has 1 amide bonds. The maximum Gasteiger partial charge on any atom is 0.416 e. The zero-order valence-electron chi connectivity index (χ0n) is 9.91. The summed E-state index contributed by atoms with van der Waals surface area (Å²) in [6, 6.07) is 6.45. The number of pyridine rings is 1. The van der Waals surface area contributed by atoms with Crippen LogP contribution in [0.25, 0.3) is 0 Å². The monoisotopic (exact) mass is 284 g/mol. The molecule has 0 saturated heterocycles. The quantitative estimate of drug-likeness (QED) is 0.677. The molecule has 0 aliphatic carbocycles. The van der Waals surface area contributed by atoms with E-state index in [0.717, 1.165) is 24.3 Å². The highest BCUT2D eigenvalue weighted by Crippen LogP contribution is 2.29. The van der Waals surface area contributed by atoms with Crippen molar-refractivity contribution in [3.63, 3.8) is 0 Å². The van der Waals surface area contributed by atoms with Gasteiger partial charge < -0.3 is 5.32 Å². The molecule has 2 aromatic rings. The lowest BCUT2D eigenvalue weighted by Gasteiger charge is -2.09. The van der Waals surface area contributed by atoms with Gasteiger partial charge in [0.1, 0.15) is 0 Å². The van der Waals surface area contributed by atoms with Crippen LogP contribution in [-0.2, 0) is 6.18 Å². The Bertz CT molecular complexity index is 623. The summed E-state index contributed by atoms with van der Waals surface area (Å²) in [7, 11) is 0. The van der Waals surface area contributed by atoms with Crippen molar-refractivity contribution in [3.8, 4) is 0 Å². The van der Waals surface area contributed by atoms with Gasteiger partial charge in [-0.05, 0) is 36.4 Å². The second-order valence-corrected chi connectivity index (χ2v) is 3.87. The smallest absolute Gasteiger partial charge is 0.322 e. The molecule has 0 spiro atoms. The third kappa shape index (κ3) is 3.11. The first-order chi connectivity index (χ1) is 9.38. The minimum absolute atomic E-state index is 0.131. The minimum Gasteiger partial charge on any atom is -0.322 e. The second kappa shape index (κ2) is 5.28. The minimum atomic E-state index is -4.45. The average Bonchev–Trinajstić information content (AvgIpc) is 2.38. The van der Waals surface area contributed by atoms with E-state index in [0.29, 0.717) is 0 Å². The maximum absolute atomic E-state index is 13.2. The number of nitrogens with one attached hydrogen (secondary N) is 1. The van der Waals surface area contributed by atoms with Gasteiger partial charge in [-0.25, -0.2) is 4.98 Å². The van der Waals surface area contributed by atoms with Crippen LogP contribution in [0.15, 0.2) is 42.6 Å². The van der Waals surface area contributed by atoms with E-state index in [1.54, 1.807) is 0 Å². The van der Waals surface area contributed by atoms with Gasteiger partial charge in [0, 0.05) is 11.9 Å². The van der Waals surface area contributed by atoms with Crippen LogP contribution in [0.4, 0.5) is 23.2 Å². The van der Waals surface area contributed by atoms with Crippen molar-refractivity contribution in [1.29, 1.82) is 0 Å². The molecule has 0 unspecified atom stereocenters. The number of aromatic nitrogens is 1. The highest BCUT2D eigenvalue weighted by Gasteiger charge is 2.30. The molecule has 0 bridgehead atoms. The molecule has 1 aromatic heterocycles. The third-order valence-electron chi connectivity index (χ3n) is 2.47. The number of hydrogen-bond donors (Lipinski definition) is 1. The number of carbonyl (C=O) groups is 1. The molecule has 20 heavy (non-hydrogen) atoms. The van der Waals surface area contributed by atoms with E-state index >= 15 is 0 Å². The Morgan fingerprint density at radius 3 is 2.30 bits per heavy atom. The summed E-state index contributed by atoms with van der Waals surface area (Å²) in [5.74, 6) is -1.73. The van der Waals surface area contributed by atoms with Crippen LogP contribution in [0, 0.1) is 5.95 Å². The van der Waals surface area contributed by atoms with Crippen LogP contribution in [0.5, 0.6) is 0 Å². The standard InChI is InChI=1S/C13H8F4N2O/c14-11-10(2-1-7-18-11)12(20)19-9-5-3-8(4-6-9)13(15,16)17/h1-7H,(H,19,20). The highest BCUT2D eigenvalue weighted by molar-refractivity contribution is 6.04. The number of halogens is 4. The van der Waals surface area contributed by atoms with Crippen LogP contribution in [-0.4, -0.2) is 10.9 Å². The summed E-state index contributed by atoms with van der Waals surface area (Å²) in [5.41, 5.74) is -0.985. The molecule has 1 heterocycles.